The quantitative estimate of drug-likeness (QED) is 0.484. The number of esters is 1. The Morgan fingerprint density at radius 3 is 2.70 bits per heavy atom. The Morgan fingerprint density at radius 2 is 2.09 bits per heavy atom. The molecule has 0 saturated carbocycles. The fourth-order valence-corrected chi connectivity index (χ4v) is 4.19. The van der Waals surface area contributed by atoms with Crippen LogP contribution in [0, 0.1) is 0 Å². The van der Waals surface area contributed by atoms with Crippen molar-refractivity contribution in [1.29, 1.82) is 0 Å². The van der Waals surface area contributed by atoms with Crippen molar-refractivity contribution in [1.82, 2.24) is 0 Å². The molecule has 0 spiro atoms. The normalized spacial score (nSPS) is 23.0. The van der Waals surface area contributed by atoms with E-state index in [9.17, 15) is 9.59 Å². The van der Waals surface area contributed by atoms with E-state index in [4.69, 9.17) is 4.74 Å². The second-order valence-electron chi connectivity index (χ2n) is 5.56. The summed E-state index contributed by atoms with van der Waals surface area (Å²) in [5.74, 6) is 0.297. The molecular formula is C18H19NO3S. The number of carbonyl (C=O) groups is 2. The first kappa shape index (κ1) is 15.9. The number of carbonyl (C=O) groups excluding carboxylic acids is 2. The van der Waals surface area contributed by atoms with Gasteiger partial charge in [0, 0.05) is 16.6 Å². The molecule has 0 bridgehead atoms. The fourth-order valence-electron chi connectivity index (χ4n) is 3.00. The van der Waals surface area contributed by atoms with Crippen molar-refractivity contribution >= 4 is 29.2 Å². The third-order valence-electron chi connectivity index (χ3n) is 4.11. The van der Waals surface area contributed by atoms with Gasteiger partial charge in [0.25, 0.3) is 0 Å². The number of hydrogen-bond donors (Lipinski definition) is 0. The number of Topliss-reactive ketones (excluding diaryl/α,β-unsaturated/α-hetero) is 1. The predicted octanol–water partition coefficient (Wildman–Crippen LogP) is 3.30. The molecule has 1 saturated heterocycles. The first-order chi connectivity index (χ1) is 11.1. The van der Waals surface area contributed by atoms with Gasteiger partial charge in [0.05, 0.1) is 12.8 Å². The average molecular weight is 329 g/mol. The number of anilines is 1. The summed E-state index contributed by atoms with van der Waals surface area (Å²) in [6.07, 6.45) is 4.23. The minimum absolute atomic E-state index is 0.130. The van der Waals surface area contributed by atoms with Crippen LogP contribution in [0.5, 0.6) is 0 Å². The Labute approximate surface area is 140 Å². The number of thioether (sulfide) groups is 1. The number of methoxy groups -OCH3 is 1. The highest BCUT2D eigenvalue weighted by atomic mass is 32.2. The van der Waals surface area contributed by atoms with Crippen LogP contribution in [0.2, 0.25) is 0 Å². The fraction of sp³-hybridized carbons (Fsp3) is 0.333. The number of rotatable bonds is 3. The van der Waals surface area contributed by atoms with Crippen LogP contribution in [0.1, 0.15) is 19.8 Å². The summed E-state index contributed by atoms with van der Waals surface area (Å²) in [4.78, 5) is 26.7. The largest absolute Gasteiger partial charge is 0.465 e. The lowest BCUT2D eigenvalue weighted by atomic mass is 10.1. The lowest BCUT2D eigenvalue weighted by Gasteiger charge is -2.22. The first-order valence-electron chi connectivity index (χ1n) is 7.66. The number of hydrogen-bond acceptors (Lipinski definition) is 5. The summed E-state index contributed by atoms with van der Waals surface area (Å²) in [5.41, 5.74) is 2.20. The molecule has 1 fully saturated rings. The van der Waals surface area contributed by atoms with Crippen molar-refractivity contribution < 1.29 is 14.3 Å². The van der Waals surface area contributed by atoms with E-state index in [1.807, 2.05) is 53.1 Å². The van der Waals surface area contributed by atoms with Crippen molar-refractivity contribution in [3.8, 4) is 0 Å². The van der Waals surface area contributed by atoms with Crippen molar-refractivity contribution in [2.24, 2.45) is 0 Å². The highest BCUT2D eigenvalue weighted by Crippen LogP contribution is 2.37. The molecule has 0 N–H and O–H groups in total. The van der Waals surface area contributed by atoms with Crippen LogP contribution in [0.4, 0.5) is 5.69 Å². The predicted molar refractivity (Wildman–Crippen MR) is 92.2 cm³/mol. The second-order valence-corrected chi connectivity index (χ2v) is 6.90. The first-order valence-corrected chi connectivity index (χ1v) is 8.71. The van der Waals surface area contributed by atoms with E-state index in [0.29, 0.717) is 16.6 Å². The number of ketones is 1. The molecule has 0 radical (unpaired) electrons. The zero-order valence-electron chi connectivity index (χ0n) is 13.2. The maximum atomic E-state index is 12.8. The van der Waals surface area contributed by atoms with Crippen LogP contribution in [-0.4, -0.2) is 29.9 Å². The van der Waals surface area contributed by atoms with Gasteiger partial charge in [-0.25, -0.2) is 4.79 Å². The Bertz CT molecular complexity index is 687. The van der Waals surface area contributed by atoms with Crippen molar-refractivity contribution in [3.63, 3.8) is 0 Å². The van der Waals surface area contributed by atoms with Crippen molar-refractivity contribution in [2.75, 3.05) is 17.8 Å². The summed E-state index contributed by atoms with van der Waals surface area (Å²) in [6, 6.07) is 9.65. The SMILES string of the molecule is COC(=O)C1=C(C)N(c2ccccc2)/C(=C/C2CCCS2)C1=O. The Morgan fingerprint density at radius 1 is 1.35 bits per heavy atom. The number of allylic oxidation sites excluding steroid dienone is 2. The van der Waals surface area contributed by atoms with Gasteiger partial charge in [-0.05, 0) is 43.7 Å². The monoisotopic (exact) mass is 329 g/mol. The molecule has 2 aliphatic heterocycles. The topological polar surface area (TPSA) is 46.6 Å². The molecular weight excluding hydrogens is 310 g/mol. The highest BCUT2D eigenvalue weighted by Gasteiger charge is 2.38. The maximum Gasteiger partial charge on any atom is 0.343 e. The van der Waals surface area contributed by atoms with E-state index in [1.165, 1.54) is 7.11 Å². The minimum atomic E-state index is -0.573. The van der Waals surface area contributed by atoms with Gasteiger partial charge in [0.15, 0.2) is 0 Å². The molecule has 0 aromatic heterocycles. The van der Waals surface area contributed by atoms with Gasteiger partial charge < -0.3 is 9.64 Å². The third-order valence-corrected chi connectivity index (χ3v) is 5.43. The molecule has 4 nitrogen and oxygen atoms in total. The maximum absolute atomic E-state index is 12.8. The molecule has 3 rings (SSSR count). The lowest BCUT2D eigenvalue weighted by Crippen LogP contribution is -2.19. The van der Waals surface area contributed by atoms with Gasteiger partial charge in [-0.15, -0.1) is 0 Å². The molecule has 120 valence electrons. The molecule has 2 heterocycles. The van der Waals surface area contributed by atoms with E-state index in [0.717, 1.165) is 24.3 Å². The Hall–Kier alpha value is -2.01. The van der Waals surface area contributed by atoms with Crippen molar-refractivity contribution in [3.05, 3.63) is 53.4 Å². The minimum Gasteiger partial charge on any atom is -0.465 e. The smallest absolute Gasteiger partial charge is 0.343 e. The second kappa shape index (κ2) is 6.62. The summed E-state index contributed by atoms with van der Waals surface area (Å²) < 4.78 is 4.80. The Kier molecular flexibility index (Phi) is 4.57. The van der Waals surface area contributed by atoms with Gasteiger partial charge in [0.1, 0.15) is 5.57 Å². The molecule has 1 aromatic rings. The number of para-hydroxylation sites is 1. The van der Waals surface area contributed by atoms with E-state index in [1.54, 1.807) is 6.92 Å². The van der Waals surface area contributed by atoms with E-state index < -0.39 is 5.97 Å². The lowest BCUT2D eigenvalue weighted by molar-refractivity contribution is -0.137. The molecule has 1 atom stereocenters. The summed E-state index contributed by atoms with van der Waals surface area (Å²) in [5, 5.41) is 0.324. The average Bonchev–Trinajstić information content (AvgIpc) is 3.15. The van der Waals surface area contributed by atoms with Crippen LogP contribution in [-0.2, 0) is 14.3 Å². The van der Waals surface area contributed by atoms with E-state index in [2.05, 4.69) is 0 Å². The standard InChI is InChI=1S/C18H19NO3S/c1-12-16(18(21)22-2)17(20)15(11-14-9-6-10-23-14)19(12)13-7-4-3-5-8-13/h3-5,7-8,11,14H,6,9-10H2,1-2H3/b15-11+. The summed E-state index contributed by atoms with van der Waals surface area (Å²) >= 11 is 1.86. The molecule has 5 heteroatoms. The van der Waals surface area contributed by atoms with Gasteiger partial charge >= 0.3 is 5.97 Å². The number of ether oxygens (including phenoxy) is 1. The summed E-state index contributed by atoms with van der Waals surface area (Å²) in [7, 11) is 1.30. The Balaban J connectivity index is 2.07. The van der Waals surface area contributed by atoms with Crippen LogP contribution in [0.3, 0.4) is 0 Å². The zero-order chi connectivity index (χ0) is 16.4. The molecule has 1 unspecified atom stereocenters. The van der Waals surface area contributed by atoms with E-state index in [-0.39, 0.29) is 11.4 Å². The van der Waals surface area contributed by atoms with Gasteiger partial charge in [-0.1, -0.05) is 18.2 Å². The van der Waals surface area contributed by atoms with Gasteiger partial charge in [-0.3, -0.25) is 4.79 Å². The third kappa shape index (κ3) is 2.93. The van der Waals surface area contributed by atoms with Crippen LogP contribution >= 0.6 is 11.8 Å². The van der Waals surface area contributed by atoms with Crippen LogP contribution < -0.4 is 4.90 Å². The molecule has 23 heavy (non-hydrogen) atoms. The molecule has 2 aliphatic rings. The summed E-state index contributed by atoms with van der Waals surface area (Å²) in [6.45, 7) is 1.79. The van der Waals surface area contributed by atoms with Gasteiger partial charge in [-0.2, -0.15) is 11.8 Å². The van der Waals surface area contributed by atoms with Gasteiger partial charge in [0.2, 0.25) is 5.78 Å². The highest BCUT2D eigenvalue weighted by molar-refractivity contribution is 8.00. The molecule has 1 aromatic carbocycles. The zero-order valence-corrected chi connectivity index (χ0v) is 14.1. The van der Waals surface area contributed by atoms with Crippen LogP contribution in [0.15, 0.2) is 53.4 Å². The molecule has 0 aliphatic carbocycles. The number of benzene rings is 1. The number of nitrogens with zero attached hydrogens (tertiary/aromatic N) is 1. The van der Waals surface area contributed by atoms with Crippen LogP contribution in [0.25, 0.3) is 0 Å². The molecule has 0 amide bonds. The van der Waals surface area contributed by atoms with Crippen molar-refractivity contribution in [2.45, 2.75) is 25.0 Å². The van der Waals surface area contributed by atoms with E-state index >= 15 is 0 Å².